The number of allylic oxidation sites excluding steroid dienone is 1. The average Bonchev–Trinajstić information content (AvgIpc) is 2.93. The topological polar surface area (TPSA) is 123 Å². The van der Waals surface area contributed by atoms with Crippen LogP contribution in [0, 0.1) is 0 Å². The first-order valence-electron chi connectivity index (χ1n) is 12.3. The van der Waals surface area contributed by atoms with Gasteiger partial charge in [-0.2, -0.15) is 0 Å². The quantitative estimate of drug-likeness (QED) is 0.0914. The van der Waals surface area contributed by atoms with Gasteiger partial charge in [0.05, 0.1) is 18.0 Å². The van der Waals surface area contributed by atoms with Crippen molar-refractivity contribution in [2.45, 2.75) is 30.3 Å². The number of hydrogen-bond donors (Lipinski definition) is 4. The standard InChI is InChI=1S/C29H33N3O5S/c1-38-24-16-14-22(15-17-24)31-29(35)37-27(21-8-7-9-23(20-21)36-19-18-33)12-3-2-4-13-28(34)32-26-11-6-5-10-25(26)30/h4-11,13-17,20,27,33H,2-3,12,18-19,30H2,1H3,(H,31,35)(H,32,34)/b13-4+/t27-/m0/s1. The molecule has 0 fully saturated rings. The molecule has 1 atom stereocenters. The molecule has 2 amide bonds. The van der Waals surface area contributed by atoms with Gasteiger partial charge in [0.15, 0.2) is 0 Å². The summed E-state index contributed by atoms with van der Waals surface area (Å²) in [6.45, 7) is 0.0711. The van der Waals surface area contributed by atoms with Gasteiger partial charge in [-0.3, -0.25) is 10.1 Å². The first-order valence-corrected chi connectivity index (χ1v) is 13.5. The summed E-state index contributed by atoms with van der Waals surface area (Å²) in [5.41, 5.74) is 8.34. The van der Waals surface area contributed by atoms with E-state index < -0.39 is 12.2 Å². The van der Waals surface area contributed by atoms with E-state index in [1.807, 2.05) is 42.7 Å². The van der Waals surface area contributed by atoms with Crippen molar-refractivity contribution in [3.05, 3.63) is 90.5 Å². The third kappa shape index (κ3) is 9.49. The Morgan fingerprint density at radius 3 is 2.58 bits per heavy atom. The van der Waals surface area contributed by atoms with Gasteiger partial charge in [-0.25, -0.2) is 4.79 Å². The molecule has 0 aliphatic heterocycles. The molecular weight excluding hydrogens is 502 g/mol. The Balaban J connectivity index is 1.60. The average molecular weight is 536 g/mol. The van der Waals surface area contributed by atoms with Crippen molar-refractivity contribution in [2.75, 3.05) is 35.8 Å². The Kier molecular flexibility index (Phi) is 11.5. The predicted molar refractivity (Wildman–Crippen MR) is 153 cm³/mol. The van der Waals surface area contributed by atoms with E-state index in [-0.39, 0.29) is 19.1 Å². The van der Waals surface area contributed by atoms with Gasteiger partial charge in [-0.05, 0) is 85.7 Å². The highest BCUT2D eigenvalue weighted by Crippen LogP contribution is 2.28. The molecule has 0 aliphatic rings. The molecule has 0 spiro atoms. The van der Waals surface area contributed by atoms with Crippen LogP contribution in [0.3, 0.4) is 0 Å². The fraction of sp³-hybridized carbons (Fsp3) is 0.241. The van der Waals surface area contributed by atoms with Gasteiger partial charge in [0.2, 0.25) is 5.91 Å². The summed E-state index contributed by atoms with van der Waals surface area (Å²) in [5, 5.41) is 14.6. The highest BCUT2D eigenvalue weighted by atomic mass is 32.2. The minimum absolute atomic E-state index is 0.0985. The summed E-state index contributed by atoms with van der Waals surface area (Å²) in [4.78, 5) is 26.0. The second kappa shape index (κ2) is 15.3. The zero-order valence-electron chi connectivity index (χ0n) is 21.3. The SMILES string of the molecule is CSc1ccc(NC(=O)O[C@@H](CCC/C=C/C(=O)Nc2ccccc2N)c2cccc(OCCO)c2)cc1. The summed E-state index contributed by atoms with van der Waals surface area (Å²) in [5.74, 6) is 0.311. The zero-order chi connectivity index (χ0) is 27.2. The molecule has 3 aromatic rings. The number of nitrogens with two attached hydrogens (primary N) is 1. The molecule has 38 heavy (non-hydrogen) atoms. The molecule has 200 valence electrons. The lowest BCUT2D eigenvalue weighted by Gasteiger charge is -2.19. The molecule has 3 rings (SSSR count). The maximum absolute atomic E-state index is 12.7. The van der Waals surface area contributed by atoms with Crippen molar-refractivity contribution in [3.63, 3.8) is 0 Å². The van der Waals surface area contributed by atoms with Crippen molar-refractivity contribution in [2.24, 2.45) is 0 Å². The van der Waals surface area contributed by atoms with Crippen LogP contribution in [0.25, 0.3) is 0 Å². The number of carbonyl (C=O) groups excluding carboxylic acids is 2. The van der Waals surface area contributed by atoms with E-state index in [0.717, 1.165) is 10.5 Å². The Morgan fingerprint density at radius 2 is 1.84 bits per heavy atom. The Hall–Kier alpha value is -3.95. The van der Waals surface area contributed by atoms with Crippen molar-refractivity contribution in [1.29, 1.82) is 0 Å². The maximum Gasteiger partial charge on any atom is 0.412 e. The van der Waals surface area contributed by atoms with Crippen LogP contribution in [0.4, 0.5) is 21.9 Å². The summed E-state index contributed by atoms with van der Waals surface area (Å²) >= 11 is 1.62. The highest BCUT2D eigenvalue weighted by Gasteiger charge is 2.18. The van der Waals surface area contributed by atoms with Gasteiger partial charge in [0.25, 0.3) is 0 Å². The first kappa shape index (κ1) is 28.6. The number of hydrogen-bond acceptors (Lipinski definition) is 7. The molecule has 0 unspecified atom stereocenters. The molecule has 0 radical (unpaired) electrons. The highest BCUT2D eigenvalue weighted by molar-refractivity contribution is 7.98. The fourth-order valence-electron chi connectivity index (χ4n) is 3.61. The lowest BCUT2D eigenvalue weighted by atomic mass is 10.0. The van der Waals surface area contributed by atoms with E-state index in [0.29, 0.717) is 42.1 Å². The molecule has 5 N–H and O–H groups in total. The molecule has 0 saturated heterocycles. The number of nitrogens with one attached hydrogen (secondary N) is 2. The Bertz CT molecular complexity index is 1220. The predicted octanol–water partition coefficient (Wildman–Crippen LogP) is 6.02. The summed E-state index contributed by atoms with van der Waals surface area (Å²) in [6.07, 6.45) is 5.93. The molecule has 0 bridgehead atoms. The van der Waals surface area contributed by atoms with Crippen LogP contribution in [0.15, 0.2) is 89.8 Å². The summed E-state index contributed by atoms with van der Waals surface area (Å²) in [7, 11) is 0. The lowest BCUT2D eigenvalue weighted by Crippen LogP contribution is -2.18. The molecule has 8 nitrogen and oxygen atoms in total. The number of para-hydroxylation sites is 2. The summed E-state index contributed by atoms with van der Waals surface area (Å²) in [6, 6.07) is 21.8. The van der Waals surface area contributed by atoms with Gasteiger partial charge in [0, 0.05) is 10.6 Å². The number of ether oxygens (including phenoxy) is 2. The molecule has 9 heteroatoms. The van der Waals surface area contributed by atoms with E-state index in [4.69, 9.17) is 20.3 Å². The van der Waals surface area contributed by atoms with Crippen LogP contribution in [0.1, 0.15) is 30.9 Å². The molecule has 0 aromatic heterocycles. The van der Waals surface area contributed by atoms with Crippen molar-refractivity contribution < 1.29 is 24.2 Å². The van der Waals surface area contributed by atoms with E-state index in [2.05, 4.69) is 10.6 Å². The zero-order valence-corrected chi connectivity index (χ0v) is 22.1. The maximum atomic E-state index is 12.7. The van der Waals surface area contributed by atoms with Gasteiger partial charge in [-0.15, -0.1) is 11.8 Å². The van der Waals surface area contributed by atoms with Gasteiger partial charge in [-0.1, -0.05) is 30.3 Å². The second-order valence-corrected chi connectivity index (χ2v) is 9.18. The monoisotopic (exact) mass is 535 g/mol. The number of rotatable bonds is 13. The summed E-state index contributed by atoms with van der Waals surface area (Å²) < 4.78 is 11.3. The second-order valence-electron chi connectivity index (χ2n) is 8.30. The van der Waals surface area contributed by atoms with Gasteiger partial charge >= 0.3 is 6.09 Å². The number of unbranched alkanes of at least 4 members (excludes halogenated alkanes) is 1. The Labute approximate surface area is 227 Å². The van der Waals surface area contributed by atoms with Crippen LogP contribution < -0.4 is 21.1 Å². The number of benzene rings is 3. The number of aliphatic hydroxyl groups excluding tert-OH is 1. The first-order chi connectivity index (χ1) is 18.5. The number of aliphatic hydroxyl groups is 1. The number of amides is 2. The van der Waals surface area contributed by atoms with Crippen molar-refractivity contribution in [3.8, 4) is 5.75 Å². The van der Waals surface area contributed by atoms with E-state index in [1.165, 1.54) is 6.08 Å². The molecule has 0 heterocycles. The van der Waals surface area contributed by atoms with Crippen molar-refractivity contribution in [1.82, 2.24) is 0 Å². The number of carbonyl (C=O) groups is 2. The number of anilines is 3. The lowest BCUT2D eigenvalue weighted by molar-refractivity contribution is -0.111. The van der Waals surface area contributed by atoms with Gasteiger partial charge < -0.3 is 25.6 Å². The van der Waals surface area contributed by atoms with Crippen LogP contribution in [0.2, 0.25) is 0 Å². The van der Waals surface area contributed by atoms with Crippen LogP contribution >= 0.6 is 11.8 Å². The van der Waals surface area contributed by atoms with E-state index in [1.54, 1.807) is 54.2 Å². The van der Waals surface area contributed by atoms with Crippen LogP contribution in [-0.2, 0) is 9.53 Å². The third-order valence-electron chi connectivity index (χ3n) is 5.50. The third-order valence-corrected chi connectivity index (χ3v) is 6.24. The fourth-order valence-corrected chi connectivity index (χ4v) is 4.02. The smallest absolute Gasteiger partial charge is 0.412 e. The van der Waals surface area contributed by atoms with Crippen LogP contribution in [0.5, 0.6) is 5.75 Å². The van der Waals surface area contributed by atoms with Crippen molar-refractivity contribution >= 4 is 40.8 Å². The number of nitrogen functional groups attached to an aromatic ring is 1. The largest absolute Gasteiger partial charge is 0.491 e. The molecule has 3 aromatic carbocycles. The normalized spacial score (nSPS) is 11.6. The molecule has 0 saturated carbocycles. The number of thioether (sulfide) groups is 1. The minimum Gasteiger partial charge on any atom is -0.491 e. The van der Waals surface area contributed by atoms with E-state index >= 15 is 0 Å². The minimum atomic E-state index is -0.566. The van der Waals surface area contributed by atoms with Crippen LogP contribution in [-0.4, -0.2) is 36.6 Å². The molecule has 0 aliphatic carbocycles. The van der Waals surface area contributed by atoms with E-state index in [9.17, 15) is 9.59 Å². The Morgan fingerprint density at radius 1 is 1.05 bits per heavy atom. The molecular formula is C29H33N3O5S. The van der Waals surface area contributed by atoms with Gasteiger partial charge in [0.1, 0.15) is 18.5 Å².